The first kappa shape index (κ1) is 14.4. The van der Waals surface area contributed by atoms with E-state index < -0.39 is 6.10 Å². The number of carbonyl (C=O) groups excluding carboxylic acids is 1. The molecule has 0 aromatic rings. The van der Waals surface area contributed by atoms with E-state index in [4.69, 9.17) is 9.47 Å². The van der Waals surface area contributed by atoms with E-state index in [1.54, 1.807) is 7.11 Å². The number of carbonyl (C=O) groups is 1. The molecular formula is C12H23NO4. The molecule has 2 N–H and O–H groups in total. The van der Waals surface area contributed by atoms with Crippen LogP contribution in [-0.2, 0) is 14.3 Å². The van der Waals surface area contributed by atoms with E-state index >= 15 is 0 Å². The molecule has 0 aromatic carbocycles. The highest BCUT2D eigenvalue weighted by Gasteiger charge is 2.22. The van der Waals surface area contributed by atoms with Crippen molar-refractivity contribution in [1.82, 2.24) is 5.32 Å². The van der Waals surface area contributed by atoms with Crippen LogP contribution in [0, 0.1) is 0 Å². The fourth-order valence-corrected chi connectivity index (χ4v) is 2.01. The molecule has 0 radical (unpaired) electrons. The van der Waals surface area contributed by atoms with Gasteiger partial charge < -0.3 is 19.9 Å². The Balaban J connectivity index is 2.19. The Morgan fingerprint density at radius 3 is 2.82 bits per heavy atom. The number of aliphatic hydroxyl groups is 1. The van der Waals surface area contributed by atoms with Crippen LogP contribution in [0.2, 0.25) is 0 Å². The smallest absolute Gasteiger partial charge is 0.246 e. The normalized spacial score (nSPS) is 25.3. The molecule has 1 saturated carbocycles. The molecule has 2 atom stereocenters. The zero-order valence-corrected chi connectivity index (χ0v) is 10.5. The maximum Gasteiger partial charge on any atom is 0.246 e. The summed E-state index contributed by atoms with van der Waals surface area (Å²) >= 11 is 0. The molecule has 0 aromatic heterocycles. The molecule has 5 heteroatoms. The van der Waals surface area contributed by atoms with Gasteiger partial charge in [-0.3, -0.25) is 4.79 Å². The lowest BCUT2D eigenvalue weighted by Crippen LogP contribution is -2.44. The van der Waals surface area contributed by atoms with Crippen molar-refractivity contribution in [2.45, 2.75) is 44.2 Å². The highest BCUT2D eigenvalue weighted by molar-refractivity contribution is 5.77. The predicted octanol–water partition coefficient (Wildman–Crippen LogP) is 0.459. The monoisotopic (exact) mass is 245 g/mol. The van der Waals surface area contributed by atoms with Crippen molar-refractivity contribution in [3.63, 3.8) is 0 Å². The second-order valence-electron chi connectivity index (χ2n) is 4.42. The van der Waals surface area contributed by atoms with Gasteiger partial charge in [-0.25, -0.2) is 0 Å². The topological polar surface area (TPSA) is 67.8 Å². The summed E-state index contributed by atoms with van der Waals surface area (Å²) in [5, 5.41) is 12.7. The number of hydrogen-bond acceptors (Lipinski definition) is 4. The van der Waals surface area contributed by atoms with E-state index in [0.29, 0.717) is 13.2 Å². The van der Waals surface area contributed by atoms with Crippen LogP contribution < -0.4 is 5.32 Å². The quantitative estimate of drug-likeness (QED) is 0.527. The molecule has 17 heavy (non-hydrogen) atoms. The first-order valence-electron chi connectivity index (χ1n) is 6.28. The first-order valence-corrected chi connectivity index (χ1v) is 6.28. The van der Waals surface area contributed by atoms with Crippen LogP contribution in [-0.4, -0.2) is 50.1 Å². The summed E-state index contributed by atoms with van der Waals surface area (Å²) in [5.41, 5.74) is 0. The molecule has 1 rings (SSSR count). The molecule has 1 aliphatic rings. The summed E-state index contributed by atoms with van der Waals surface area (Å²) in [5.74, 6) is -0.160. The molecule has 0 bridgehead atoms. The van der Waals surface area contributed by atoms with Gasteiger partial charge in [-0.2, -0.15) is 0 Å². The van der Waals surface area contributed by atoms with Crippen LogP contribution in [0.3, 0.4) is 0 Å². The van der Waals surface area contributed by atoms with Crippen LogP contribution in [0.25, 0.3) is 0 Å². The number of aliphatic hydroxyl groups excluding tert-OH is 1. The van der Waals surface area contributed by atoms with Crippen molar-refractivity contribution >= 4 is 5.91 Å². The van der Waals surface area contributed by atoms with Gasteiger partial charge in [0.2, 0.25) is 5.91 Å². The Labute approximate surface area is 102 Å². The molecule has 5 nitrogen and oxygen atoms in total. The van der Waals surface area contributed by atoms with E-state index in [9.17, 15) is 9.90 Å². The SMILES string of the molecule is COCCOCC(=O)NC1CCCCCC1O. The third kappa shape index (κ3) is 6.00. The van der Waals surface area contributed by atoms with Gasteiger partial charge in [0, 0.05) is 7.11 Å². The van der Waals surface area contributed by atoms with Crippen LogP contribution in [0.5, 0.6) is 0 Å². The predicted molar refractivity (Wildman–Crippen MR) is 63.7 cm³/mol. The zero-order chi connectivity index (χ0) is 12.5. The summed E-state index contributed by atoms with van der Waals surface area (Å²) < 4.78 is 9.94. The molecule has 1 fully saturated rings. The molecular weight excluding hydrogens is 222 g/mol. The third-order valence-corrected chi connectivity index (χ3v) is 2.99. The minimum Gasteiger partial charge on any atom is -0.391 e. The van der Waals surface area contributed by atoms with E-state index in [1.807, 2.05) is 0 Å². The summed E-state index contributed by atoms with van der Waals surface area (Å²) in [6.07, 6.45) is 4.44. The van der Waals surface area contributed by atoms with Gasteiger partial charge in [0.25, 0.3) is 0 Å². The van der Waals surface area contributed by atoms with Gasteiger partial charge in [0.15, 0.2) is 0 Å². The van der Waals surface area contributed by atoms with E-state index in [0.717, 1.165) is 32.1 Å². The molecule has 100 valence electrons. The van der Waals surface area contributed by atoms with Crippen LogP contribution in [0.4, 0.5) is 0 Å². The average Bonchev–Trinajstić information content (AvgIpc) is 2.51. The maximum atomic E-state index is 11.5. The molecule has 0 saturated heterocycles. The van der Waals surface area contributed by atoms with Gasteiger partial charge in [0.1, 0.15) is 6.61 Å². The first-order chi connectivity index (χ1) is 8.24. The van der Waals surface area contributed by atoms with E-state index in [-0.39, 0.29) is 18.6 Å². The van der Waals surface area contributed by atoms with Gasteiger partial charge in [-0.15, -0.1) is 0 Å². The lowest BCUT2D eigenvalue weighted by molar-refractivity contribution is -0.127. The maximum absolute atomic E-state index is 11.5. The van der Waals surface area contributed by atoms with Crippen molar-refractivity contribution in [1.29, 1.82) is 0 Å². The Morgan fingerprint density at radius 1 is 1.29 bits per heavy atom. The van der Waals surface area contributed by atoms with Gasteiger partial charge in [-0.05, 0) is 12.8 Å². The molecule has 1 aliphatic carbocycles. The van der Waals surface area contributed by atoms with Gasteiger partial charge in [0.05, 0.1) is 25.4 Å². The lowest BCUT2D eigenvalue weighted by Gasteiger charge is -2.21. The number of ether oxygens (including phenoxy) is 2. The third-order valence-electron chi connectivity index (χ3n) is 2.99. The number of rotatable bonds is 6. The fourth-order valence-electron chi connectivity index (χ4n) is 2.01. The highest BCUT2D eigenvalue weighted by atomic mass is 16.5. The van der Waals surface area contributed by atoms with Crippen molar-refractivity contribution in [2.24, 2.45) is 0 Å². The zero-order valence-electron chi connectivity index (χ0n) is 10.5. The minimum absolute atomic E-state index is 0.0343. The molecule has 0 spiro atoms. The Kier molecular flexibility index (Phi) is 7.16. The summed E-state index contributed by atoms with van der Waals surface area (Å²) in [7, 11) is 1.59. The van der Waals surface area contributed by atoms with Crippen LogP contribution >= 0.6 is 0 Å². The van der Waals surface area contributed by atoms with Crippen molar-refractivity contribution in [2.75, 3.05) is 26.9 Å². The minimum atomic E-state index is -0.416. The second-order valence-corrected chi connectivity index (χ2v) is 4.42. The number of hydrogen-bond donors (Lipinski definition) is 2. The second kappa shape index (κ2) is 8.44. The Hall–Kier alpha value is -0.650. The number of nitrogens with one attached hydrogen (secondary N) is 1. The van der Waals surface area contributed by atoms with Gasteiger partial charge in [-0.1, -0.05) is 19.3 Å². The van der Waals surface area contributed by atoms with Crippen molar-refractivity contribution < 1.29 is 19.4 Å². The van der Waals surface area contributed by atoms with E-state index in [2.05, 4.69) is 5.32 Å². The van der Waals surface area contributed by atoms with Crippen molar-refractivity contribution in [3.05, 3.63) is 0 Å². The summed E-state index contributed by atoms with van der Waals surface area (Å²) in [4.78, 5) is 11.5. The lowest BCUT2D eigenvalue weighted by atomic mass is 10.1. The number of methoxy groups -OCH3 is 1. The van der Waals surface area contributed by atoms with Crippen molar-refractivity contribution in [3.8, 4) is 0 Å². The molecule has 2 unspecified atom stereocenters. The number of amides is 1. The molecule has 0 heterocycles. The summed E-state index contributed by atoms with van der Waals surface area (Å²) in [6.45, 7) is 0.934. The standard InChI is InChI=1S/C12H23NO4/c1-16-7-8-17-9-12(15)13-10-5-3-2-4-6-11(10)14/h10-11,14H,2-9H2,1H3,(H,13,15). The highest BCUT2D eigenvalue weighted by Crippen LogP contribution is 2.17. The molecule has 0 aliphatic heterocycles. The van der Waals surface area contributed by atoms with Crippen LogP contribution in [0.1, 0.15) is 32.1 Å². The average molecular weight is 245 g/mol. The Morgan fingerprint density at radius 2 is 2.06 bits per heavy atom. The Bertz CT molecular complexity index is 223. The van der Waals surface area contributed by atoms with E-state index in [1.165, 1.54) is 0 Å². The largest absolute Gasteiger partial charge is 0.391 e. The fraction of sp³-hybridized carbons (Fsp3) is 0.917. The van der Waals surface area contributed by atoms with Gasteiger partial charge >= 0.3 is 0 Å². The summed E-state index contributed by atoms with van der Waals surface area (Å²) in [6, 6.07) is -0.115. The van der Waals surface area contributed by atoms with Crippen LogP contribution in [0.15, 0.2) is 0 Å². The molecule has 1 amide bonds.